The van der Waals surface area contributed by atoms with Crippen LogP contribution in [0.15, 0.2) is 30.3 Å². The van der Waals surface area contributed by atoms with Gasteiger partial charge in [0.05, 0.1) is 0 Å². The van der Waals surface area contributed by atoms with E-state index < -0.39 is 24.1 Å². The van der Waals surface area contributed by atoms with Gasteiger partial charge in [0.1, 0.15) is 6.10 Å². The van der Waals surface area contributed by atoms with Gasteiger partial charge in [-0.2, -0.15) is 26.3 Å². The number of halogens is 6. The third kappa shape index (κ3) is 1.69. The van der Waals surface area contributed by atoms with Crippen molar-refractivity contribution in [1.29, 1.82) is 0 Å². The molecule has 1 aliphatic rings. The average Bonchev–Trinajstić information content (AvgIpc) is 2.93. The van der Waals surface area contributed by atoms with Crippen molar-refractivity contribution in [2.75, 3.05) is 0 Å². The summed E-state index contributed by atoms with van der Waals surface area (Å²) >= 11 is 0. The first-order valence-corrected chi connectivity index (χ1v) is 4.56. The zero-order valence-electron chi connectivity index (χ0n) is 8.14. The molecule has 1 aliphatic heterocycles. The molecule has 2 rings (SSSR count). The van der Waals surface area contributed by atoms with Crippen LogP contribution in [-0.4, -0.2) is 18.0 Å². The zero-order chi connectivity index (χ0) is 12.9. The van der Waals surface area contributed by atoms with E-state index in [1.54, 1.807) is 0 Å². The number of ether oxygens (including phenoxy) is 1. The van der Waals surface area contributed by atoms with E-state index in [2.05, 4.69) is 4.74 Å². The minimum Gasteiger partial charge on any atom is -0.344 e. The number of benzene rings is 1. The molecule has 0 spiro atoms. The fourth-order valence-corrected chi connectivity index (χ4v) is 1.67. The van der Waals surface area contributed by atoms with Crippen LogP contribution in [0.3, 0.4) is 0 Å². The van der Waals surface area contributed by atoms with Gasteiger partial charge in [-0.05, 0) is 5.56 Å². The molecule has 94 valence electrons. The number of rotatable bonds is 1. The SMILES string of the molecule is FC(F)(F)C1(C(F)(F)F)OC1c1ccccc1. The minimum absolute atomic E-state index is 0.137. The summed E-state index contributed by atoms with van der Waals surface area (Å²) in [6.07, 6.45) is -13.0. The van der Waals surface area contributed by atoms with Gasteiger partial charge in [0.15, 0.2) is 0 Å². The molecule has 0 aliphatic carbocycles. The molecular formula is C10H6F6O. The topological polar surface area (TPSA) is 12.5 Å². The summed E-state index contributed by atoms with van der Waals surface area (Å²) in [5.41, 5.74) is -4.19. The Kier molecular flexibility index (Phi) is 2.43. The number of hydrogen-bond donors (Lipinski definition) is 0. The van der Waals surface area contributed by atoms with Crippen LogP contribution in [0.2, 0.25) is 0 Å². The Labute approximate surface area is 92.0 Å². The lowest BCUT2D eigenvalue weighted by atomic mass is 9.98. The van der Waals surface area contributed by atoms with E-state index in [0.29, 0.717) is 0 Å². The van der Waals surface area contributed by atoms with Crippen molar-refractivity contribution in [3.05, 3.63) is 35.9 Å². The molecule has 1 aromatic carbocycles. The second kappa shape index (κ2) is 3.38. The maximum atomic E-state index is 12.5. The molecule has 0 aromatic heterocycles. The first-order chi connectivity index (χ1) is 7.70. The predicted molar refractivity (Wildman–Crippen MR) is 45.1 cm³/mol. The molecule has 1 nitrogen and oxygen atoms in total. The molecule has 0 saturated carbocycles. The van der Waals surface area contributed by atoms with Gasteiger partial charge in [-0.15, -0.1) is 0 Å². The van der Waals surface area contributed by atoms with Crippen LogP contribution in [0.4, 0.5) is 26.3 Å². The summed E-state index contributed by atoms with van der Waals surface area (Å²) in [6.45, 7) is 0. The quantitative estimate of drug-likeness (QED) is 0.552. The Balaban J connectivity index is 2.38. The molecule has 0 N–H and O–H groups in total. The van der Waals surface area contributed by atoms with Gasteiger partial charge in [-0.1, -0.05) is 30.3 Å². The molecule has 7 heteroatoms. The van der Waals surface area contributed by atoms with Crippen LogP contribution in [0.1, 0.15) is 11.7 Å². The smallest absolute Gasteiger partial charge is 0.344 e. The first kappa shape index (κ1) is 12.2. The summed E-state index contributed by atoms with van der Waals surface area (Å²) in [5.74, 6) is 0. The molecule has 1 aromatic rings. The molecule has 1 atom stereocenters. The number of epoxide rings is 1. The van der Waals surface area contributed by atoms with Gasteiger partial charge in [0.25, 0.3) is 5.60 Å². The summed E-state index contributed by atoms with van der Waals surface area (Å²) in [6, 6.07) is 6.55. The highest BCUT2D eigenvalue weighted by Crippen LogP contribution is 2.65. The lowest BCUT2D eigenvalue weighted by Gasteiger charge is -2.19. The molecular weight excluding hydrogens is 250 g/mol. The molecule has 0 radical (unpaired) electrons. The normalized spacial score (nSPS) is 23.5. The number of alkyl halides is 6. The van der Waals surface area contributed by atoms with E-state index in [4.69, 9.17) is 0 Å². The highest BCUT2D eigenvalue weighted by atomic mass is 19.4. The van der Waals surface area contributed by atoms with Gasteiger partial charge < -0.3 is 4.74 Å². The molecule has 1 unspecified atom stereocenters. The van der Waals surface area contributed by atoms with Gasteiger partial charge in [0, 0.05) is 0 Å². The summed E-state index contributed by atoms with van der Waals surface area (Å²) in [7, 11) is 0. The van der Waals surface area contributed by atoms with Gasteiger partial charge in [-0.25, -0.2) is 0 Å². The van der Waals surface area contributed by atoms with E-state index in [9.17, 15) is 26.3 Å². The fourth-order valence-electron chi connectivity index (χ4n) is 1.67. The van der Waals surface area contributed by atoms with Crippen molar-refractivity contribution < 1.29 is 31.1 Å². The van der Waals surface area contributed by atoms with Crippen molar-refractivity contribution >= 4 is 0 Å². The predicted octanol–water partition coefficient (Wildman–Crippen LogP) is 3.62. The largest absolute Gasteiger partial charge is 0.429 e. The Morgan fingerprint density at radius 2 is 1.35 bits per heavy atom. The molecule has 1 fully saturated rings. The standard InChI is InChI=1S/C10H6F6O/c11-9(12,13)8(10(14,15)16)7(17-8)6-4-2-1-3-5-6/h1-5,7H. The Hall–Kier alpha value is -1.24. The summed E-state index contributed by atoms with van der Waals surface area (Å²) < 4.78 is 78.9. The molecule has 0 bridgehead atoms. The van der Waals surface area contributed by atoms with E-state index in [-0.39, 0.29) is 5.56 Å². The number of hydrogen-bond acceptors (Lipinski definition) is 1. The highest BCUT2D eigenvalue weighted by molar-refractivity contribution is 5.29. The van der Waals surface area contributed by atoms with E-state index in [1.165, 1.54) is 30.3 Å². The first-order valence-electron chi connectivity index (χ1n) is 4.56. The van der Waals surface area contributed by atoms with Crippen LogP contribution < -0.4 is 0 Å². The van der Waals surface area contributed by atoms with Crippen molar-refractivity contribution in [1.82, 2.24) is 0 Å². The summed E-state index contributed by atoms with van der Waals surface area (Å²) in [4.78, 5) is 0. The molecule has 1 saturated heterocycles. The van der Waals surface area contributed by atoms with Crippen molar-refractivity contribution in [3.8, 4) is 0 Å². The third-order valence-corrected chi connectivity index (χ3v) is 2.56. The van der Waals surface area contributed by atoms with Crippen molar-refractivity contribution in [3.63, 3.8) is 0 Å². The van der Waals surface area contributed by atoms with Gasteiger partial charge in [0.2, 0.25) is 0 Å². The maximum Gasteiger partial charge on any atom is 0.429 e. The van der Waals surface area contributed by atoms with E-state index >= 15 is 0 Å². The Morgan fingerprint density at radius 1 is 0.882 bits per heavy atom. The Bertz CT molecular complexity index is 393. The molecule has 17 heavy (non-hydrogen) atoms. The van der Waals surface area contributed by atoms with Crippen molar-refractivity contribution in [2.45, 2.75) is 24.1 Å². The van der Waals surface area contributed by atoms with Crippen LogP contribution in [-0.2, 0) is 4.74 Å². The molecule has 0 amide bonds. The third-order valence-electron chi connectivity index (χ3n) is 2.56. The van der Waals surface area contributed by atoms with Crippen LogP contribution in [0.5, 0.6) is 0 Å². The van der Waals surface area contributed by atoms with Crippen LogP contribution in [0.25, 0.3) is 0 Å². The lowest BCUT2D eigenvalue weighted by molar-refractivity contribution is -0.292. The average molecular weight is 256 g/mol. The minimum atomic E-state index is -5.48. The van der Waals surface area contributed by atoms with Crippen LogP contribution in [0, 0.1) is 0 Å². The monoisotopic (exact) mass is 256 g/mol. The van der Waals surface area contributed by atoms with Crippen molar-refractivity contribution in [2.24, 2.45) is 0 Å². The molecule has 1 heterocycles. The second-order valence-corrected chi connectivity index (χ2v) is 3.64. The van der Waals surface area contributed by atoms with Crippen LogP contribution >= 0.6 is 0 Å². The van der Waals surface area contributed by atoms with E-state index in [0.717, 1.165) is 0 Å². The maximum absolute atomic E-state index is 12.5. The zero-order valence-corrected chi connectivity index (χ0v) is 8.14. The summed E-state index contributed by atoms with van der Waals surface area (Å²) in [5, 5.41) is 0. The van der Waals surface area contributed by atoms with Gasteiger partial charge in [-0.3, -0.25) is 0 Å². The fraction of sp³-hybridized carbons (Fsp3) is 0.400. The van der Waals surface area contributed by atoms with E-state index in [1.807, 2.05) is 0 Å². The van der Waals surface area contributed by atoms with Gasteiger partial charge >= 0.3 is 12.4 Å². The highest BCUT2D eigenvalue weighted by Gasteiger charge is 2.86. The second-order valence-electron chi connectivity index (χ2n) is 3.64. The Morgan fingerprint density at radius 3 is 1.71 bits per heavy atom. The lowest BCUT2D eigenvalue weighted by Crippen LogP contribution is -2.46.